The molecule has 17 unspecified atom stereocenters. The van der Waals surface area contributed by atoms with E-state index in [9.17, 15) is 34.2 Å². The number of cyclic esters (lactones) is 1. The second kappa shape index (κ2) is 36.8. The Kier molecular flexibility index (Phi) is 33.8. The summed E-state index contributed by atoms with van der Waals surface area (Å²) in [5, 5.41) is 23.6. The van der Waals surface area contributed by atoms with Gasteiger partial charge in [-0.05, 0) is 110 Å². The maximum Gasteiger partial charge on any atom is 0.331 e. The fourth-order valence-electron chi connectivity index (χ4n) is 9.44. The molecule has 1 heterocycles. The first-order valence-corrected chi connectivity index (χ1v) is 27.3. The van der Waals surface area contributed by atoms with E-state index in [-0.39, 0.29) is 55.3 Å². The van der Waals surface area contributed by atoms with Gasteiger partial charge in [0.2, 0.25) is 6.41 Å². The second-order valence-electron chi connectivity index (χ2n) is 21.9. The summed E-state index contributed by atoms with van der Waals surface area (Å²) >= 11 is 0. The van der Waals surface area contributed by atoms with E-state index in [2.05, 4.69) is 19.9 Å². The lowest BCUT2D eigenvalue weighted by Gasteiger charge is -2.35. The fraction of sp³-hybridized carbons (Fsp3) is 0.746. The summed E-state index contributed by atoms with van der Waals surface area (Å²) in [6.07, 6.45) is 15.4. The molecule has 0 radical (unpaired) electrons. The highest BCUT2D eigenvalue weighted by molar-refractivity contribution is 5.82. The Morgan fingerprint density at radius 3 is 2.12 bits per heavy atom. The van der Waals surface area contributed by atoms with Crippen molar-refractivity contribution in [2.45, 2.75) is 182 Å². The molecule has 2 N–H and O–H groups in total. The number of likely N-dealkylation sites (N-methyl/N-ethyl adjacent to an activating group) is 2. The molecule has 76 heavy (non-hydrogen) atoms. The highest BCUT2D eigenvalue weighted by Crippen LogP contribution is 2.32. The standard InChI is InChI=1S/C59H101N3O14/c1-38-27-28-39(2)51(72-18)31-30-41(4)56(76-59(69)49(36-70-16)61(13)14)43(6)50(65)24-20-19-21-26-54(66)74-52(25-22-23-48(35-38)71-17)44(7)55(67)40(3)29-32-53(75-58(68)46(9)60(11)12)45(8)57(73-47(10)64)42(5)33-34-62(15)37-63/h19-23,26,28,33-34,37-38,40-46,48-53,55-57,65,67H,24-25,27,29-32,35-36H2,1-18H3/b20-19+,23-22+,26-21+,34-33+,39-28-. The molecule has 0 saturated heterocycles. The van der Waals surface area contributed by atoms with Crippen molar-refractivity contribution in [3.8, 4) is 0 Å². The van der Waals surface area contributed by atoms with Gasteiger partial charge in [0, 0.05) is 77.7 Å². The minimum absolute atomic E-state index is 0.131. The molecule has 436 valence electrons. The average Bonchev–Trinajstić information content (AvgIpc) is 3.37. The summed E-state index contributed by atoms with van der Waals surface area (Å²) in [7, 11) is 13.6. The molecule has 1 aliphatic rings. The molecular formula is C59H101N3O14. The van der Waals surface area contributed by atoms with Gasteiger partial charge in [-0.2, -0.15) is 0 Å². The number of carbonyl (C=O) groups is 5. The van der Waals surface area contributed by atoms with Crippen molar-refractivity contribution in [1.82, 2.24) is 14.7 Å². The second-order valence-corrected chi connectivity index (χ2v) is 21.9. The smallest absolute Gasteiger partial charge is 0.331 e. The minimum atomic E-state index is -0.966. The number of aliphatic hydroxyl groups is 2. The van der Waals surface area contributed by atoms with Crippen molar-refractivity contribution in [1.29, 1.82) is 0 Å². The van der Waals surface area contributed by atoms with Crippen LogP contribution in [0.5, 0.6) is 0 Å². The van der Waals surface area contributed by atoms with Gasteiger partial charge >= 0.3 is 23.9 Å². The molecule has 1 rings (SSSR count). The lowest BCUT2D eigenvalue weighted by Crippen LogP contribution is -2.45. The first-order valence-electron chi connectivity index (χ1n) is 27.3. The van der Waals surface area contributed by atoms with E-state index in [1.54, 1.807) is 96.7 Å². The maximum atomic E-state index is 13.6. The van der Waals surface area contributed by atoms with Crippen LogP contribution >= 0.6 is 0 Å². The van der Waals surface area contributed by atoms with Crippen molar-refractivity contribution in [2.24, 2.45) is 41.4 Å². The molecule has 0 bridgehead atoms. The van der Waals surface area contributed by atoms with E-state index in [0.717, 1.165) is 12.0 Å². The predicted octanol–water partition coefficient (Wildman–Crippen LogP) is 7.74. The molecule has 17 nitrogen and oxygen atoms in total. The summed E-state index contributed by atoms with van der Waals surface area (Å²) in [6.45, 7) is 18.8. The highest BCUT2D eigenvalue weighted by atomic mass is 16.6. The van der Waals surface area contributed by atoms with E-state index in [1.165, 1.54) is 25.0 Å². The zero-order valence-corrected chi connectivity index (χ0v) is 49.6. The van der Waals surface area contributed by atoms with Crippen molar-refractivity contribution in [2.75, 3.05) is 63.2 Å². The third-order valence-corrected chi connectivity index (χ3v) is 15.2. The van der Waals surface area contributed by atoms with Gasteiger partial charge in [-0.1, -0.05) is 91.0 Å². The third-order valence-electron chi connectivity index (χ3n) is 15.2. The van der Waals surface area contributed by atoms with Crippen LogP contribution in [0.1, 0.15) is 121 Å². The molecule has 0 aromatic carbocycles. The molecule has 0 fully saturated rings. The average molecular weight is 1080 g/mol. The summed E-state index contributed by atoms with van der Waals surface area (Å²) in [5.74, 6) is -4.14. The monoisotopic (exact) mass is 1080 g/mol. The van der Waals surface area contributed by atoms with E-state index in [4.69, 9.17) is 33.2 Å². The Hall–Kier alpha value is -4.23. The number of rotatable bonds is 23. The zero-order chi connectivity index (χ0) is 57.8. The van der Waals surface area contributed by atoms with Gasteiger partial charge in [0.1, 0.15) is 36.5 Å². The van der Waals surface area contributed by atoms with Gasteiger partial charge in [-0.15, -0.1) is 0 Å². The van der Waals surface area contributed by atoms with Crippen LogP contribution in [-0.2, 0) is 57.1 Å². The van der Waals surface area contributed by atoms with Crippen LogP contribution in [0.2, 0.25) is 0 Å². The van der Waals surface area contributed by atoms with Crippen LogP contribution in [-0.4, -0.2) is 179 Å². The molecule has 17 heteroatoms. The normalized spacial score (nSPS) is 28.6. The van der Waals surface area contributed by atoms with Crippen LogP contribution in [0.25, 0.3) is 0 Å². The number of allylic oxidation sites excluding steroid dienone is 3. The first kappa shape index (κ1) is 69.8. The number of hydrogen-bond acceptors (Lipinski definition) is 16. The van der Waals surface area contributed by atoms with Crippen LogP contribution in [0.3, 0.4) is 0 Å². The Morgan fingerprint density at radius 1 is 0.868 bits per heavy atom. The SMILES string of the molecule is COCC(C(=O)OC1C(C)CCC(OC)/C(C)=C\CC(C)CC(OC)/C=C/CC(C(C)C(O)C(C)CCC(OC(=O)C(C)N(C)C)C(C)C(OC(C)=O)C(C)/C=C/N(C)C=O)OC(=O)/C=C/C=C/CC(O)C1C)N(C)C. The molecule has 17 atom stereocenters. The Labute approximate surface area is 457 Å². The molecule has 0 saturated carbocycles. The third kappa shape index (κ3) is 25.1. The van der Waals surface area contributed by atoms with E-state index in [1.807, 2.05) is 53.7 Å². The number of aliphatic hydroxyl groups excluding tert-OH is 2. The summed E-state index contributed by atoms with van der Waals surface area (Å²) in [6, 6.07) is -1.20. The van der Waals surface area contributed by atoms with Crippen LogP contribution in [0.4, 0.5) is 0 Å². The van der Waals surface area contributed by atoms with Gasteiger partial charge in [-0.3, -0.25) is 29.0 Å². The van der Waals surface area contributed by atoms with Gasteiger partial charge < -0.3 is 48.3 Å². The van der Waals surface area contributed by atoms with Crippen LogP contribution < -0.4 is 0 Å². The van der Waals surface area contributed by atoms with Crippen LogP contribution in [0.15, 0.2) is 60.4 Å². The summed E-state index contributed by atoms with van der Waals surface area (Å²) < 4.78 is 41.6. The predicted molar refractivity (Wildman–Crippen MR) is 297 cm³/mol. The lowest BCUT2D eigenvalue weighted by molar-refractivity contribution is -0.166. The van der Waals surface area contributed by atoms with E-state index in [0.29, 0.717) is 38.5 Å². The largest absolute Gasteiger partial charge is 0.462 e. The molecule has 0 aliphatic carbocycles. The molecule has 1 aliphatic heterocycles. The Bertz CT molecular complexity index is 1870. The Balaban J connectivity index is 3.64. The van der Waals surface area contributed by atoms with E-state index >= 15 is 0 Å². The number of nitrogens with zero attached hydrogens (tertiary/aromatic N) is 3. The van der Waals surface area contributed by atoms with Gasteiger partial charge in [0.15, 0.2) is 0 Å². The summed E-state index contributed by atoms with van der Waals surface area (Å²) in [5.41, 5.74) is 1.10. The van der Waals surface area contributed by atoms with Crippen molar-refractivity contribution >= 4 is 30.3 Å². The minimum Gasteiger partial charge on any atom is -0.462 e. The number of methoxy groups -OCH3 is 3. The lowest BCUT2D eigenvalue weighted by atomic mass is 9.82. The molecule has 0 aromatic heterocycles. The molecule has 0 spiro atoms. The highest BCUT2D eigenvalue weighted by Gasteiger charge is 2.38. The van der Waals surface area contributed by atoms with Gasteiger partial charge in [0.05, 0.1) is 31.0 Å². The number of hydrogen-bond donors (Lipinski definition) is 2. The molecule has 1 amide bonds. The number of amides is 1. The zero-order valence-electron chi connectivity index (χ0n) is 49.6. The van der Waals surface area contributed by atoms with Crippen molar-refractivity contribution in [3.63, 3.8) is 0 Å². The van der Waals surface area contributed by atoms with Gasteiger partial charge in [0.25, 0.3) is 0 Å². The first-order chi connectivity index (χ1) is 35.7. The van der Waals surface area contributed by atoms with E-state index < -0.39 is 90.3 Å². The topological polar surface area (TPSA) is 200 Å². The van der Waals surface area contributed by atoms with Gasteiger partial charge in [-0.25, -0.2) is 4.79 Å². The molecule has 0 aromatic rings. The fourth-order valence-corrected chi connectivity index (χ4v) is 9.44. The maximum absolute atomic E-state index is 13.6. The van der Waals surface area contributed by atoms with Crippen molar-refractivity contribution in [3.05, 3.63) is 60.4 Å². The number of esters is 4. The Morgan fingerprint density at radius 2 is 1.54 bits per heavy atom. The van der Waals surface area contributed by atoms with Crippen LogP contribution in [0, 0.1) is 41.4 Å². The quantitative estimate of drug-likeness (QED) is 0.0435. The summed E-state index contributed by atoms with van der Waals surface area (Å²) in [4.78, 5) is 69.2. The number of ether oxygens (including phenoxy) is 7. The molecular weight excluding hydrogens is 975 g/mol. The number of carbonyl (C=O) groups excluding carboxylic acids is 5. The van der Waals surface area contributed by atoms with Crippen molar-refractivity contribution < 1.29 is 67.3 Å².